The van der Waals surface area contributed by atoms with Crippen LogP contribution in [0.25, 0.3) is 10.9 Å². The molecule has 29 heavy (non-hydrogen) atoms. The number of aromatic hydroxyl groups is 1. The molecule has 0 spiro atoms. The largest absolute Gasteiger partial charge is 0.493 e. The van der Waals surface area contributed by atoms with E-state index in [1.807, 2.05) is 19.9 Å². The van der Waals surface area contributed by atoms with E-state index in [2.05, 4.69) is 9.63 Å². The zero-order valence-electron chi connectivity index (χ0n) is 16.1. The number of nitro groups is 1. The molecule has 10 heteroatoms. The Hall–Kier alpha value is -3.27. The Morgan fingerprint density at radius 2 is 1.90 bits per heavy atom. The molecular formula is C19H20N4O5S. The molecule has 0 saturated carbocycles. The van der Waals surface area contributed by atoms with E-state index in [0.717, 1.165) is 6.07 Å². The molecule has 0 aliphatic carbocycles. The summed E-state index contributed by atoms with van der Waals surface area (Å²) in [6.45, 7) is 6.00. The van der Waals surface area contributed by atoms with Crippen LogP contribution in [0.15, 0.2) is 57.0 Å². The number of para-hydroxylation sites is 1. The maximum atomic E-state index is 12.6. The molecule has 1 heterocycles. The van der Waals surface area contributed by atoms with Crippen molar-refractivity contribution in [3.63, 3.8) is 0 Å². The van der Waals surface area contributed by atoms with Gasteiger partial charge in [0.05, 0.1) is 15.3 Å². The van der Waals surface area contributed by atoms with Crippen LogP contribution in [0, 0.1) is 23.0 Å². The van der Waals surface area contributed by atoms with Gasteiger partial charge >= 0.3 is 0 Å². The van der Waals surface area contributed by atoms with E-state index >= 15 is 0 Å². The van der Waals surface area contributed by atoms with E-state index in [-0.39, 0.29) is 28.1 Å². The molecule has 0 saturated heterocycles. The molecule has 152 valence electrons. The van der Waals surface area contributed by atoms with Gasteiger partial charge in [-0.3, -0.25) is 10.1 Å². The van der Waals surface area contributed by atoms with Crippen LogP contribution in [0.3, 0.4) is 0 Å². The highest BCUT2D eigenvalue weighted by Gasteiger charge is 2.21. The first-order valence-electron chi connectivity index (χ1n) is 8.85. The van der Waals surface area contributed by atoms with Crippen LogP contribution in [0.4, 0.5) is 11.4 Å². The molecule has 0 unspecified atom stereocenters. The van der Waals surface area contributed by atoms with Gasteiger partial charge in [0.2, 0.25) is 5.88 Å². The number of benzene rings is 2. The Morgan fingerprint density at radius 1 is 1.21 bits per heavy atom. The van der Waals surface area contributed by atoms with Crippen molar-refractivity contribution in [3.05, 3.63) is 58.1 Å². The molecule has 3 aromatic rings. The maximum Gasteiger partial charge on any atom is 0.300 e. The number of hydrogen-bond donors (Lipinski definition) is 1. The third kappa shape index (κ3) is 3.97. The predicted octanol–water partition coefficient (Wildman–Crippen LogP) is 4.69. The molecule has 2 aromatic carbocycles. The number of rotatable bonds is 6. The van der Waals surface area contributed by atoms with Gasteiger partial charge in [0.15, 0.2) is 5.69 Å². The van der Waals surface area contributed by atoms with Gasteiger partial charge in [-0.25, -0.2) is 0 Å². The normalized spacial score (nSPS) is 12.3. The monoisotopic (exact) mass is 416 g/mol. The maximum absolute atomic E-state index is 12.6. The lowest BCUT2D eigenvalue weighted by Gasteiger charge is -2.09. The molecule has 0 aliphatic rings. The van der Waals surface area contributed by atoms with Gasteiger partial charge in [-0.05, 0) is 25.0 Å². The molecule has 0 atom stereocenters. The van der Waals surface area contributed by atoms with Crippen LogP contribution >= 0.6 is 0 Å². The number of hydrogen-bond acceptors (Lipinski definition) is 6. The smallest absolute Gasteiger partial charge is 0.300 e. The SMILES string of the molecule is Cc1ccc(S(=O)(=O)N=Nc2c(O)n(CC(C)C)c3ccccc23)cc1[N+](=O)[O-]. The second-order valence-electron chi connectivity index (χ2n) is 7.06. The summed E-state index contributed by atoms with van der Waals surface area (Å²) in [6, 6.07) is 10.6. The van der Waals surface area contributed by atoms with Crippen LogP contribution < -0.4 is 0 Å². The van der Waals surface area contributed by atoms with Gasteiger partial charge < -0.3 is 9.67 Å². The molecule has 0 amide bonds. The quantitative estimate of drug-likeness (QED) is 0.354. The summed E-state index contributed by atoms with van der Waals surface area (Å²) >= 11 is 0. The van der Waals surface area contributed by atoms with Crippen molar-refractivity contribution in [1.82, 2.24) is 4.57 Å². The average Bonchev–Trinajstić information content (AvgIpc) is 2.91. The van der Waals surface area contributed by atoms with Crippen molar-refractivity contribution in [2.45, 2.75) is 32.2 Å². The molecule has 0 aliphatic heterocycles. The minimum Gasteiger partial charge on any atom is -0.493 e. The van der Waals surface area contributed by atoms with E-state index in [4.69, 9.17) is 0 Å². The summed E-state index contributed by atoms with van der Waals surface area (Å²) in [4.78, 5) is 10.1. The Bertz CT molecular complexity index is 1230. The number of nitrogens with zero attached hydrogens (tertiary/aromatic N) is 4. The molecule has 9 nitrogen and oxygen atoms in total. The first-order chi connectivity index (χ1) is 13.6. The van der Waals surface area contributed by atoms with Gasteiger partial charge in [0, 0.05) is 23.6 Å². The molecule has 0 fully saturated rings. The highest BCUT2D eigenvalue weighted by Crippen LogP contribution is 2.39. The summed E-state index contributed by atoms with van der Waals surface area (Å²) in [6.07, 6.45) is 0. The molecule has 0 radical (unpaired) electrons. The van der Waals surface area contributed by atoms with Crippen LogP contribution in [-0.2, 0) is 16.6 Å². The van der Waals surface area contributed by atoms with Crippen molar-refractivity contribution < 1.29 is 18.4 Å². The molecule has 1 N–H and O–H groups in total. The lowest BCUT2D eigenvalue weighted by atomic mass is 10.2. The van der Waals surface area contributed by atoms with E-state index in [1.165, 1.54) is 19.1 Å². The van der Waals surface area contributed by atoms with Gasteiger partial charge in [-0.15, -0.1) is 5.11 Å². The van der Waals surface area contributed by atoms with Crippen LogP contribution in [0.2, 0.25) is 0 Å². The Morgan fingerprint density at radius 3 is 2.55 bits per heavy atom. The summed E-state index contributed by atoms with van der Waals surface area (Å²) in [5.41, 5.74) is 0.750. The number of aryl methyl sites for hydroxylation is 1. The second kappa shape index (κ2) is 7.63. The van der Waals surface area contributed by atoms with Crippen molar-refractivity contribution in [2.75, 3.05) is 0 Å². The fraction of sp³-hybridized carbons (Fsp3) is 0.263. The van der Waals surface area contributed by atoms with E-state index in [1.54, 1.807) is 22.8 Å². The fourth-order valence-corrected chi connectivity index (χ4v) is 3.79. The van der Waals surface area contributed by atoms with Crippen molar-refractivity contribution in [3.8, 4) is 5.88 Å². The standard InChI is InChI=1S/C19H20N4O5S/c1-12(2)11-22-16-7-5-4-6-15(16)18(19(22)24)20-21-29(27,28)14-9-8-13(3)17(10-14)23(25)26/h4-10,12,24H,11H2,1-3H3. The predicted molar refractivity (Wildman–Crippen MR) is 108 cm³/mol. The van der Waals surface area contributed by atoms with Gasteiger partial charge in [0.1, 0.15) is 0 Å². The van der Waals surface area contributed by atoms with E-state index < -0.39 is 14.9 Å². The zero-order valence-corrected chi connectivity index (χ0v) is 16.9. The lowest BCUT2D eigenvalue weighted by Crippen LogP contribution is -2.03. The third-order valence-corrected chi connectivity index (χ3v) is 5.53. The van der Waals surface area contributed by atoms with Crippen LogP contribution in [-0.4, -0.2) is 23.0 Å². The number of sulfonamides is 1. The first-order valence-corrected chi connectivity index (χ1v) is 10.3. The lowest BCUT2D eigenvalue weighted by molar-refractivity contribution is -0.385. The molecule has 0 bridgehead atoms. The van der Waals surface area contributed by atoms with Crippen molar-refractivity contribution >= 4 is 32.3 Å². The van der Waals surface area contributed by atoms with Crippen LogP contribution in [0.5, 0.6) is 5.88 Å². The average molecular weight is 416 g/mol. The van der Waals surface area contributed by atoms with Gasteiger partial charge in [-0.1, -0.05) is 42.6 Å². The van der Waals surface area contributed by atoms with Gasteiger partial charge in [0.25, 0.3) is 15.7 Å². The number of aromatic nitrogens is 1. The third-order valence-electron chi connectivity index (χ3n) is 4.39. The van der Waals surface area contributed by atoms with E-state index in [0.29, 0.717) is 23.0 Å². The summed E-state index contributed by atoms with van der Waals surface area (Å²) in [7, 11) is -4.30. The Kier molecular flexibility index (Phi) is 5.38. The molecular weight excluding hydrogens is 396 g/mol. The van der Waals surface area contributed by atoms with Crippen LogP contribution in [0.1, 0.15) is 19.4 Å². The summed E-state index contributed by atoms with van der Waals surface area (Å²) in [5, 5.41) is 26.0. The molecule has 3 rings (SSSR count). The highest BCUT2D eigenvalue weighted by molar-refractivity contribution is 7.90. The Labute approximate surface area is 167 Å². The minimum atomic E-state index is -4.30. The highest BCUT2D eigenvalue weighted by atomic mass is 32.2. The number of fused-ring (bicyclic) bond motifs is 1. The first kappa shape index (κ1) is 20.5. The zero-order chi connectivity index (χ0) is 21.3. The van der Waals surface area contributed by atoms with Crippen molar-refractivity contribution in [1.29, 1.82) is 0 Å². The number of nitro benzene ring substituents is 1. The summed E-state index contributed by atoms with van der Waals surface area (Å²) in [5.74, 6) is 0.0482. The topological polar surface area (TPSA) is 127 Å². The van der Waals surface area contributed by atoms with Gasteiger partial charge in [-0.2, -0.15) is 8.42 Å². The van der Waals surface area contributed by atoms with Crippen molar-refractivity contribution in [2.24, 2.45) is 15.6 Å². The summed E-state index contributed by atoms with van der Waals surface area (Å²) < 4.78 is 30.2. The second-order valence-corrected chi connectivity index (χ2v) is 8.64. The van der Waals surface area contributed by atoms with E-state index in [9.17, 15) is 23.6 Å². The molecule has 1 aromatic heterocycles. The Balaban J connectivity index is 2.08. The fourth-order valence-electron chi connectivity index (χ4n) is 3.01. The minimum absolute atomic E-state index is 0.0337.